The van der Waals surface area contributed by atoms with Crippen LogP contribution in [0.5, 0.6) is 0 Å². The van der Waals surface area contributed by atoms with Crippen LogP contribution in [0.25, 0.3) is 11.0 Å². The van der Waals surface area contributed by atoms with Gasteiger partial charge in [-0.3, -0.25) is 9.59 Å². The number of carbonyl (C=O) groups excluding carboxylic acids is 2. The fourth-order valence-corrected chi connectivity index (χ4v) is 4.50. The first-order valence-electron chi connectivity index (χ1n) is 11.1. The highest BCUT2D eigenvalue weighted by Gasteiger charge is 2.16. The molecule has 0 atom stereocenters. The van der Waals surface area contributed by atoms with E-state index in [1.807, 2.05) is 92.9 Å². The first kappa shape index (κ1) is 23.6. The number of para-hydroxylation sites is 2. The summed E-state index contributed by atoms with van der Waals surface area (Å²) in [5.74, 6) is -0.0699. The van der Waals surface area contributed by atoms with E-state index in [1.165, 1.54) is 17.3 Å². The number of hydrogen-bond donors (Lipinski definition) is 2. The van der Waals surface area contributed by atoms with Gasteiger partial charge in [-0.2, -0.15) is 0 Å². The van der Waals surface area contributed by atoms with Crippen molar-refractivity contribution < 1.29 is 9.59 Å². The molecule has 4 aromatic rings. The van der Waals surface area contributed by atoms with Crippen molar-refractivity contribution in [2.45, 2.75) is 39.4 Å². The summed E-state index contributed by atoms with van der Waals surface area (Å²) in [6.07, 6.45) is 0. The zero-order chi connectivity index (χ0) is 24.2. The van der Waals surface area contributed by atoms with Crippen molar-refractivity contribution in [1.82, 2.24) is 9.55 Å². The van der Waals surface area contributed by atoms with Crippen LogP contribution in [-0.4, -0.2) is 27.1 Å². The molecular weight excluding hydrogens is 444 g/mol. The largest absolute Gasteiger partial charge is 0.325 e. The van der Waals surface area contributed by atoms with Gasteiger partial charge in [0.05, 0.1) is 16.8 Å². The number of thioether (sulfide) groups is 1. The number of aryl methyl sites for hydroxylation is 3. The standard InChI is InChI=1S/C27H28N4O2S/c1-17-12-13-21(14-19(17)3)28-26(33)16-34-27-30-23-9-5-6-11-24(23)31(27)15-25(32)29-22-10-7-8-18(2)20(22)4/h5-14H,15-16H2,1-4H3,(H,28,33)(H,29,32). The Balaban J connectivity index is 1.49. The lowest BCUT2D eigenvalue weighted by Crippen LogP contribution is -2.20. The van der Waals surface area contributed by atoms with Crippen molar-refractivity contribution in [3.8, 4) is 0 Å². The highest BCUT2D eigenvalue weighted by molar-refractivity contribution is 7.99. The predicted molar refractivity (Wildman–Crippen MR) is 140 cm³/mol. The molecule has 1 aromatic heterocycles. The number of fused-ring (bicyclic) bond motifs is 1. The molecule has 4 rings (SSSR count). The molecule has 0 unspecified atom stereocenters. The minimum absolute atomic E-state index is 0.106. The van der Waals surface area contributed by atoms with E-state index in [2.05, 4.69) is 15.6 Å². The Hall–Kier alpha value is -3.58. The number of nitrogens with zero attached hydrogens (tertiary/aromatic N) is 2. The molecule has 0 radical (unpaired) electrons. The van der Waals surface area contributed by atoms with Gasteiger partial charge in [0.25, 0.3) is 0 Å². The van der Waals surface area contributed by atoms with Gasteiger partial charge in [0.15, 0.2) is 5.16 Å². The van der Waals surface area contributed by atoms with Crippen LogP contribution in [0.2, 0.25) is 0 Å². The van der Waals surface area contributed by atoms with Crippen molar-refractivity contribution in [3.05, 3.63) is 82.9 Å². The lowest BCUT2D eigenvalue weighted by Gasteiger charge is -2.12. The topological polar surface area (TPSA) is 76.0 Å². The van der Waals surface area contributed by atoms with Crippen LogP contribution in [0.4, 0.5) is 11.4 Å². The Kier molecular flexibility index (Phi) is 7.03. The molecule has 2 amide bonds. The molecule has 0 aliphatic rings. The van der Waals surface area contributed by atoms with Gasteiger partial charge in [0, 0.05) is 11.4 Å². The second kappa shape index (κ2) is 10.1. The number of rotatable bonds is 7. The zero-order valence-electron chi connectivity index (χ0n) is 19.8. The van der Waals surface area contributed by atoms with Crippen molar-refractivity contribution in [2.24, 2.45) is 0 Å². The summed E-state index contributed by atoms with van der Waals surface area (Å²) < 4.78 is 1.86. The van der Waals surface area contributed by atoms with E-state index in [9.17, 15) is 9.59 Å². The summed E-state index contributed by atoms with van der Waals surface area (Å²) >= 11 is 1.32. The number of benzene rings is 3. The third-order valence-corrected chi connectivity index (χ3v) is 6.90. The van der Waals surface area contributed by atoms with Crippen molar-refractivity contribution in [3.63, 3.8) is 0 Å². The van der Waals surface area contributed by atoms with Crippen molar-refractivity contribution in [2.75, 3.05) is 16.4 Å². The van der Waals surface area contributed by atoms with E-state index in [4.69, 9.17) is 0 Å². The number of hydrogen-bond acceptors (Lipinski definition) is 4. The molecule has 0 fully saturated rings. The third kappa shape index (κ3) is 5.31. The van der Waals surface area contributed by atoms with Crippen LogP contribution in [0.3, 0.4) is 0 Å². The van der Waals surface area contributed by atoms with Crippen LogP contribution in [0.15, 0.2) is 65.8 Å². The normalized spacial score (nSPS) is 10.9. The summed E-state index contributed by atoms with van der Waals surface area (Å²) in [7, 11) is 0. The highest BCUT2D eigenvalue weighted by Crippen LogP contribution is 2.25. The van der Waals surface area contributed by atoms with Crippen molar-refractivity contribution >= 4 is 46.0 Å². The Bertz CT molecular complexity index is 1380. The fourth-order valence-electron chi connectivity index (χ4n) is 3.68. The average molecular weight is 473 g/mol. The monoisotopic (exact) mass is 472 g/mol. The minimum Gasteiger partial charge on any atom is -0.325 e. The smallest absolute Gasteiger partial charge is 0.244 e. The lowest BCUT2D eigenvalue weighted by molar-refractivity contribution is -0.117. The second-order valence-electron chi connectivity index (χ2n) is 8.40. The molecule has 0 bridgehead atoms. The van der Waals surface area contributed by atoms with E-state index >= 15 is 0 Å². The first-order chi connectivity index (χ1) is 16.3. The molecule has 0 saturated carbocycles. The molecule has 34 heavy (non-hydrogen) atoms. The molecular formula is C27H28N4O2S. The second-order valence-corrected chi connectivity index (χ2v) is 9.34. The van der Waals surface area contributed by atoms with Crippen LogP contribution in [0.1, 0.15) is 22.3 Å². The summed E-state index contributed by atoms with van der Waals surface area (Å²) in [6, 6.07) is 19.4. The maximum Gasteiger partial charge on any atom is 0.244 e. The number of aromatic nitrogens is 2. The number of anilines is 2. The first-order valence-corrected chi connectivity index (χ1v) is 12.1. The Morgan fingerprint density at radius 2 is 1.65 bits per heavy atom. The molecule has 3 aromatic carbocycles. The fraction of sp³-hybridized carbons (Fsp3) is 0.222. The van der Waals surface area contributed by atoms with Gasteiger partial charge in [0.2, 0.25) is 11.8 Å². The van der Waals surface area contributed by atoms with E-state index in [1.54, 1.807) is 0 Å². The number of amides is 2. The van der Waals surface area contributed by atoms with E-state index in [-0.39, 0.29) is 24.1 Å². The van der Waals surface area contributed by atoms with Crippen LogP contribution in [0, 0.1) is 27.7 Å². The summed E-state index contributed by atoms with van der Waals surface area (Å²) in [5, 5.41) is 6.59. The Morgan fingerprint density at radius 3 is 2.44 bits per heavy atom. The van der Waals surface area contributed by atoms with Crippen LogP contribution in [-0.2, 0) is 16.1 Å². The molecule has 174 valence electrons. The predicted octanol–water partition coefficient (Wildman–Crippen LogP) is 5.64. The van der Waals surface area contributed by atoms with E-state index in [0.29, 0.717) is 5.16 Å². The molecule has 0 aliphatic heterocycles. The molecule has 0 spiro atoms. The Morgan fingerprint density at radius 1 is 0.853 bits per heavy atom. The quantitative estimate of drug-likeness (QED) is 0.341. The van der Waals surface area contributed by atoms with Gasteiger partial charge >= 0.3 is 0 Å². The lowest BCUT2D eigenvalue weighted by atomic mass is 10.1. The Labute approximate surface area is 203 Å². The summed E-state index contributed by atoms with van der Waals surface area (Å²) in [4.78, 5) is 30.2. The van der Waals surface area contributed by atoms with E-state index in [0.717, 1.165) is 39.1 Å². The van der Waals surface area contributed by atoms with Crippen LogP contribution >= 0.6 is 11.8 Å². The SMILES string of the molecule is Cc1ccc(NC(=O)CSc2nc3ccccc3n2CC(=O)Nc2cccc(C)c2C)cc1C. The number of carbonyl (C=O) groups is 2. The molecule has 2 N–H and O–H groups in total. The maximum absolute atomic E-state index is 12.9. The molecule has 1 heterocycles. The van der Waals surface area contributed by atoms with Gasteiger partial charge in [-0.1, -0.05) is 42.1 Å². The van der Waals surface area contributed by atoms with Gasteiger partial charge < -0.3 is 15.2 Å². The average Bonchev–Trinajstić information content (AvgIpc) is 3.15. The molecule has 7 heteroatoms. The van der Waals surface area contributed by atoms with Crippen LogP contribution < -0.4 is 10.6 Å². The molecule has 6 nitrogen and oxygen atoms in total. The highest BCUT2D eigenvalue weighted by atomic mass is 32.2. The van der Waals surface area contributed by atoms with E-state index < -0.39 is 0 Å². The maximum atomic E-state index is 12.9. The number of imidazole rings is 1. The van der Waals surface area contributed by atoms with Gasteiger partial charge in [-0.25, -0.2) is 4.98 Å². The zero-order valence-corrected chi connectivity index (χ0v) is 20.6. The van der Waals surface area contributed by atoms with Gasteiger partial charge in [-0.15, -0.1) is 0 Å². The third-order valence-electron chi connectivity index (χ3n) is 5.92. The van der Waals surface area contributed by atoms with Gasteiger partial charge in [0.1, 0.15) is 6.54 Å². The van der Waals surface area contributed by atoms with Gasteiger partial charge in [-0.05, 0) is 80.3 Å². The van der Waals surface area contributed by atoms with Crippen molar-refractivity contribution in [1.29, 1.82) is 0 Å². The molecule has 0 saturated heterocycles. The molecule has 0 aliphatic carbocycles. The summed E-state index contributed by atoms with van der Waals surface area (Å²) in [6.45, 7) is 8.18. The number of nitrogens with one attached hydrogen (secondary N) is 2. The summed E-state index contributed by atoms with van der Waals surface area (Å²) in [5.41, 5.74) is 7.70. The minimum atomic E-state index is -0.140.